The van der Waals surface area contributed by atoms with Crippen LogP contribution in [0.2, 0.25) is 0 Å². The second-order valence-electron chi connectivity index (χ2n) is 7.49. The molecule has 0 amide bonds. The van der Waals surface area contributed by atoms with Crippen LogP contribution in [0.1, 0.15) is 79.1 Å². The average molecular weight is 445 g/mol. The van der Waals surface area contributed by atoms with Gasteiger partial charge in [0.1, 0.15) is 12.7 Å². The smallest absolute Gasteiger partial charge is 0.306 e. The van der Waals surface area contributed by atoms with E-state index in [1.807, 2.05) is 27.7 Å². The zero-order valence-electron chi connectivity index (χ0n) is 19.1. The Morgan fingerprint density at radius 1 is 0.677 bits per heavy atom. The number of carbonyl (C=O) groups excluding carboxylic acids is 4. The zero-order valence-corrected chi connectivity index (χ0v) is 19.1. The summed E-state index contributed by atoms with van der Waals surface area (Å²) in [5, 5.41) is 0. The standard InChI is InChI=1S/C22H36O9/c1-5-9-17(23)28-13-15-21(30-19(25)11-7-3)22(31-20(26)12-8-4)16(14-27-15)29-18(24)10-6-2/h15-16,21-22H,5-14H2,1-4H3/t15-,16?,21+,22-/m1/s1. The van der Waals surface area contributed by atoms with E-state index in [1.54, 1.807) is 0 Å². The molecule has 4 atom stereocenters. The molecule has 31 heavy (non-hydrogen) atoms. The number of hydrogen-bond donors (Lipinski definition) is 0. The molecule has 1 heterocycles. The maximum atomic E-state index is 12.3. The Morgan fingerprint density at radius 2 is 1.13 bits per heavy atom. The quantitative estimate of drug-likeness (QED) is 0.312. The Bertz CT molecular complexity index is 590. The second-order valence-corrected chi connectivity index (χ2v) is 7.49. The Balaban J connectivity index is 3.08. The van der Waals surface area contributed by atoms with Crippen LogP contribution in [0.3, 0.4) is 0 Å². The molecule has 1 saturated heterocycles. The van der Waals surface area contributed by atoms with Crippen LogP contribution in [-0.2, 0) is 42.9 Å². The largest absolute Gasteiger partial charge is 0.463 e. The van der Waals surface area contributed by atoms with Crippen molar-refractivity contribution >= 4 is 23.9 Å². The van der Waals surface area contributed by atoms with Gasteiger partial charge in [-0.3, -0.25) is 19.2 Å². The molecule has 0 aromatic heterocycles. The van der Waals surface area contributed by atoms with Gasteiger partial charge in [0.05, 0.1) is 6.61 Å². The van der Waals surface area contributed by atoms with Crippen molar-refractivity contribution in [1.29, 1.82) is 0 Å². The van der Waals surface area contributed by atoms with Crippen LogP contribution in [0, 0.1) is 0 Å². The predicted octanol–water partition coefficient (Wildman–Crippen LogP) is 2.86. The first-order valence-corrected chi connectivity index (χ1v) is 11.2. The minimum atomic E-state index is -1.07. The fraction of sp³-hybridized carbons (Fsp3) is 0.818. The number of rotatable bonds is 13. The van der Waals surface area contributed by atoms with Gasteiger partial charge in [-0.05, 0) is 25.7 Å². The minimum absolute atomic E-state index is 0.0721. The molecule has 0 spiro atoms. The van der Waals surface area contributed by atoms with Crippen LogP contribution >= 0.6 is 0 Å². The van der Waals surface area contributed by atoms with E-state index in [2.05, 4.69) is 0 Å². The van der Waals surface area contributed by atoms with Crippen molar-refractivity contribution in [3.63, 3.8) is 0 Å². The molecule has 1 aliphatic rings. The Hall–Kier alpha value is -2.16. The molecule has 1 fully saturated rings. The number of ether oxygens (including phenoxy) is 5. The summed E-state index contributed by atoms with van der Waals surface area (Å²) in [6.45, 7) is 7.12. The van der Waals surface area contributed by atoms with Gasteiger partial charge in [-0.15, -0.1) is 0 Å². The van der Waals surface area contributed by atoms with Gasteiger partial charge in [0.2, 0.25) is 0 Å². The van der Waals surface area contributed by atoms with Gasteiger partial charge in [-0.25, -0.2) is 0 Å². The van der Waals surface area contributed by atoms with Crippen LogP contribution in [-0.4, -0.2) is 61.5 Å². The van der Waals surface area contributed by atoms with Crippen LogP contribution in [0.4, 0.5) is 0 Å². The highest BCUT2D eigenvalue weighted by atomic mass is 16.7. The van der Waals surface area contributed by atoms with Crippen LogP contribution in [0.15, 0.2) is 0 Å². The Kier molecular flexibility index (Phi) is 12.8. The molecule has 0 N–H and O–H groups in total. The summed E-state index contributed by atoms with van der Waals surface area (Å²) in [4.78, 5) is 48.4. The van der Waals surface area contributed by atoms with Crippen LogP contribution < -0.4 is 0 Å². The molecule has 0 aromatic rings. The van der Waals surface area contributed by atoms with E-state index in [4.69, 9.17) is 23.7 Å². The molecule has 0 saturated carbocycles. The normalized spacial score (nSPS) is 23.0. The SMILES string of the molecule is CCCC(=O)OC[C@H]1OCC(OC(=O)CCC)[C@@H](OC(=O)CCC)[C@H]1OC(=O)CCC. The molecule has 178 valence electrons. The van der Waals surface area contributed by atoms with Crippen molar-refractivity contribution in [2.24, 2.45) is 0 Å². The van der Waals surface area contributed by atoms with E-state index < -0.39 is 48.3 Å². The van der Waals surface area contributed by atoms with Gasteiger partial charge in [-0.2, -0.15) is 0 Å². The molecule has 9 nitrogen and oxygen atoms in total. The maximum absolute atomic E-state index is 12.3. The molecule has 9 heteroatoms. The lowest BCUT2D eigenvalue weighted by Gasteiger charge is -2.40. The molecular weight excluding hydrogens is 408 g/mol. The van der Waals surface area contributed by atoms with Gasteiger partial charge in [0, 0.05) is 25.7 Å². The number of esters is 4. The van der Waals surface area contributed by atoms with E-state index in [0.29, 0.717) is 25.7 Å². The molecule has 0 aromatic carbocycles. The molecule has 1 unspecified atom stereocenters. The van der Waals surface area contributed by atoms with Crippen molar-refractivity contribution in [2.45, 2.75) is 103 Å². The molecule has 0 bridgehead atoms. The zero-order chi connectivity index (χ0) is 23.2. The first-order chi connectivity index (χ1) is 14.9. The first-order valence-electron chi connectivity index (χ1n) is 11.2. The van der Waals surface area contributed by atoms with E-state index in [9.17, 15) is 19.2 Å². The number of carbonyl (C=O) groups is 4. The van der Waals surface area contributed by atoms with Crippen molar-refractivity contribution in [3.8, 4) is 0 Å². The van der Waals surface area contributed by atoms with Gasteiger partial charge in [0.25, 0.3) is 0 Å². The molecule has 0 radical (unpaired) electrons. The Morgan fingerprint density at radius 3 is 1.65 bits per heavy atom. The van der Waals surface area contributed by atoms with Crippen molar-refractivity contribution in [3.05, 3.63) is 0 Å². The fourth-order valence-electron chi connectivity index (χ4n) is 3.07. The summed E-state index contributed by atoms with van der Waals surface area (Å²) in [6, 6.07) is 0. The summed E-state index contributed by atoms with van der Waals surface area (Å²) in [5.41, 5.74) is 0. The topological polar surface area (TPSA) is 114 Å². The van der Waals surface area contributed by atoms with Gasteiger partial charge < -0.3 is 23.7 Å². The van der Waals surface area contributed by atoms with Gasteiger partial charge in [0.15, 0.2) is 18.3 Å². The molecule has 1 rings (SSSR count). The van der Waals surface area contributed by atoms with E-state index in [-0.39, 0.29) is 38.9 Å². The number of hydrogen-bond acceptors (Lipinski definition) is 9. The minimum Gasteiger partial charge on any atom is -0.463 e. The molecule has 1 aliphatic heterocycles. The summed E-state index contributed by atoms with van der Waals surface area (Å²) in [7, 11) is 0. The third-order valence-corrected chi connectivity index (χ3v) is 4.57. The third-order valence-electron chi connectivity index (χ3n) is 4.57. The van der Waals surface area contributed by atoms with E-state index in [0.717, 1.165) is 0 Å². The van der Waals surface area contributed by atoms with Crippen molar-refractivity contribution < 1.29 is 42.9 Å². The highest BCUT2D eigenvalue weighted by molar-refractivity contribution is 5.72. The summed E-state index contributed by atoms with van der Waals surface area (Å²) in [6.07, 6.45) is -0.755. The average Bonchev–Trinajstić information content (AvgIpc) is 2.70. The highest BCUT2D eigenvalue weighted by Crippen LogP contribution is 2.26. The van der Waals surface area contributed by atoms with Crippen LogP contribution in [0.25, 0.3) is 0 Å². The highest BCUT2D eigenvalue weighted by Gasteiger charge is 2.47. The Labute approximate surface area is 184 Å². The maximum Gasteiger partial charge on any atom is 0.306 e. The third kappa shape index (κ3) is 9.67. The summed E-state index contributed by atoms with van der Waals surface area (Å²) >= 11 is 0. The van der Waals surface area contributed by atoms with Crippen LogP contribution in [0.5, 0.6) is 0 Å². The first kappa shape index (κ1) is 26.9. The molecular formula is C22H36O9. The lowest BCUT2D eigenvalue weighted by atomic mass is 9.99. The lowest BCUT2D eigenvalue weighted by molar-refractivity contribution is -0.233. The van der Waals surface area contributed by atoms with Crippen molar-refractivity contribution in [2.75, 3.05) is 13.2 Å². The fourth-order valence-corrected chi connectivity index (χ4v) is 3.07. The second kappa shape index (κ2) is 14.8. The lowest BCUT2D eigenvalue weighted by Crippen LogP contribution is -2.59. The van der Waals surface area contributed by atoms with Gasteiger partial charge in [-0.1, -0.05) is 27.7 Å². The van der Waals surface area contributed by atoms with E-state index >= 15 is 0 Å². The summed E-state index contributed by atoms with van der Waals surface area (Å²) < 4.78 is 27.6. The summed E-state index contributed by atoms with van der Waals surface area (Å²) in [5.74, 6) is -1.86. The monoisotopic (exact) mass is 444 g/mol. The van der Waals surface area contributed by atoms with E-state index in [1.165, 1.54) is 0 Å². The molecule has 0 aliphatic carbocycles. The van der Waals surface area contributed by atoms with Gasteiger partial charge >= 0.3 is 23.9 Å². The predicted molar refractivity (Wildman–Crippen MR) is 110 cm³/mol. The van der Waals surface area contributed by atoms with Crippen molar-refractivity contribution in [1.82, 2.24) is 0 Å².